The number of hydrogen-bond donors (Lipinski definition) is 4. The highest BCUT2D eigenvalue weighted by atomic mass is 35.5. The highest BCUT2D eigenvalue weighted by Gasteiger charge is 2.16. The third-order valence-corrected chi connectivity index (χ3v) is 2.47. The number of rotatable bonds is 4. The monoisotopic (exact) mass is 291 g/mol. The molecule has 0 spiro atoms. The van der Waals surface area contributed by atoms with E-state index in [4.69, 9.17) is 34.0 Å². The molecule has 0 aliphatic carbocycles. The van der Waals surface area contributed by atoms with Gasteiger partial charge in [0.05, 0.1) is 16.3 Å². The fraction of sp³-hybridized carbons (Fsp3) is 0.200. The first-order valence-corrected chi connectivity index (χ1v) is 5.68. The molecule has 0 saturated heterocycles. The summed E-state index contributed by atoms with van der Waals surface area (Å²) in [5.74, 6) is -1.24. The van der Waals surface area contributed by atoms with Crippen LogP contribution in [-0.4, -0.2) is 30.2 Å². The lowest BCUT2D eigenvalue weighted by molar-refractivity contribution is 0.0698. The van der Waals surface area contributed by atoms with Gasteiger partial charge in [-0.25, -0.2) is 9.59 Å². The molecule has 1 aromatic rings. The minimum absolute atomic E-state index is 0.0110. The molecule has 98 valence electrons. The Labute approximate surface area is 113 Å². The van der Waals surface area contributed by atoms with Crippen molar-refractivity contribution in [2.75, 3.05) is 18.4 Å². The number of aromatic carboxylic acids is 1. The average Bonchev–Trinajstić information content (AvgIpc) is 2.29. The Balaban J connectivity index is 3.00. The number of anilines is 1. The van der Waals surface area contributed by atoms with E-state index in [1.54, 1.807) is 0 Å². The number of urea groups is 1. The number of benzene rings is 1. The number of carboxylic acids is 1. The van der Waals surface area contributed by atoms with E-state index in [-0.39, 0.29) is 34.4 Å². The molecule has 0 bridgehead atoms. The fourth-order valence-corrected chi connectivity index (χ4v) is 1.75. The number of nitrogens with one attached hydrogen (secondary N) is 2. The van der Waals surface area contributed by atoms with Crippen LogP contribution in [0.1, 0.15) is 10.4 Å². The Morgan fingerprint density at radius 1 is 1.33 bits per heavy atom. The minimum Gasteiger partial charge on any atom is -0.478 e. The summed E-state index contributed by atoms with van der Waals surface area (Å²) in [5.41, 5.74) is 5.02. The van der Waals surface area contributed by atoms with Crippen LogP contribution in [0, 0.1) is 0 Å². The molecule has 1 aromatic carbocycles. The third-order valence-electron chi connectivity index (χ3n) is 1.95. The summed E-state index contributed by atoms with van der Waals surface area (Å²) in [5, 5.41) is 14.0. The number of carbonyl (C=O) groups is 2. The molecule has 0 radical (unpaired) electrons. The number of carbonyl (C=O) groups excluding carboxylic acids is 1. The number of nitrogens with two attached hydrogens (primary N) is 1. The maximum absolute atomic E-state index is 11.4. The summed E-state index contributed by atoms with van der Waals surface area (Å²) in [7, 11) is 0. The molecule has 18 heavy (non-hydrogen) atoms. The zero-order chi connectivity index (χ0) is 13.7. The summed E-state index contributed by atoms with van der Waals surface area (Å²) in [4.78, 5) is 22.4. The number of amides is 2. The van der Waals surface area contributed by atoms with Gasteiger partial charge in [-0.05, 0) is 12.1 Å². The molecule has 0 aliphatic rings. The van der Waals surface area contributed by atoms with Crippen LogP contribution in [0.15, 0.2) is 12.1 Å². The summed E-state index contributed by atoms with van der Waals surface area (Å²) in [6, 6.07) is 1.95. The SMILES string of the molecule is NCCNC(=O)Nc1c(Cl)cc(Cl)cc1C(=O)O. The number of halogens is 2. The van der Waals surface area contributed by atoms with Crippen molar-refractivity contribution in [2.45, 2.75) is 0 Å². The smallest absolute Gasteiger partial charge is 0.337 e. The quantitative estimate of drug-likeness (QED) is 0.678. The van der Waals surface area contributed by atoms with Gasteiger partial charge in [0.2, 0.25) is 0 Å². The van der Waals surface area contributed by atoms with Crippen LogP contribution in [0.3, 0.4) is 0 Å². The normalized spacial score (nSPS) is 9.94. The molecule has 8 heteroatoms. The highest BCUT2D eigenvalue weighted by molar-refractivity contribution is 6.37. The lowest BCUT2D eigenvalue weighted by Crippen LogP contribution is -2.33. The van der Waals surface area contributed by atoms with Gasteiger partial charge in [0.1, 0.15) is 0 Å². The molecule has 0 fully saturated rings. The Bertz CT molecular complexity index is 480. The molecule has 0 heterocycles. The predicted molar refractivity (Wildman–Crippen MR) is 69.5 cm³/mol. The van der Waals surface area contributed by atoms with Crippen LogP contribution in [0.25, 0.3) is 0 Å². The van der Waals surface area contributed by atoms with Crippen molar-refractivity contribution in [3.05, 3.63) is 27.7 Å². The first kappa shape index (κ1) is 14.6. The van der Waals surface area contributed by atoms with Crippen molar-refractivity contribution in [1.82, 2.24) is 5.32 Å². The number of carboxylic acid groups (broad SMARTS) is 1. The maximum Gasteiger partial charge on any atom is 0.337 e. The second-order valence-corrected chi connectivity index (χ2v) is 4.13. The molecule has 0 aromatic heterocycles. The Hall–Kier alpha value is -1.50. The minimum atomic E-state index is -1.24. The van der Waals surface area contributed by atoms with Crippen molar-refractivity contribution in [1.29, 1.82) is 0 Å². The van der Waals surface area contributed by atoms with Gasteiger partial charge in [0.15, 0.2) is 0 Å². The standard InChI is InChI=1S/C10H11Cl2N3O3/c11-5-3-6(9(16)17)8(7(12)4-5)15-10(18)14-2-1-13/h3-4H,1-2,13H2,(H,16,17)(H2,14,15,18). The first-order chi connectivity index (χ1) is 8.45. The molecule has 0 saturated carbocycles. The molecular formula is C10H11Cl2N3O3. The summed E-state index contributed by atoms with van der Waals surface area (Å²) < 4.78 is 0. The van der Waals surface area contributed by atoms with E-state index in [1.807, 2.05) is 0 Å². The van der Waals surface area contributed by atoms with Crippen molar-refractivity contribution < 1.29 is 14.7 Å². The maximum atomic E-state index is 11.4. The highest BCUT2D eigenvalue weighted by Crippen LogP contribution is 2.30. The molecule has 6 nitrogen and oxygen atoms in total. The van der Waals surface area contributed by atoms with Crippen LogP contribution < -0.4 is 16.4 Å². The third kappa shape index (κ3) is 3.76. The zero-order valence-electron chi connectivity index (χ0n) is 9.17. The lowest BCUT2D eigenvalue weighted by atomic mass is 10.2. The Kier molecular flexibility index (Phi) is 5.21. The van der Waals surface area contributed by atoms with Crippen molar-refractivity contribution in [3.8, 4) is 0 Å². The van der Waals surface area contributed by atoms with E-state index in [0.29, 0.717) is 0 Å². The van der Waals surface area contributed by atoms with Gasteiger partial charge in [-0.1, -0.05) is 23.2 Å². The van der Waals surface area contributed by atoms with Crippen molar-refractivity contribution in [3.63, 3.8) is 0 Å². The van der Waals surface area contributed by atoms with Crippen LogP contribution in [0.4, 0.5) is 10.5 Å². The molecule has 0 aliphatic heterocycles. The van der Waals surface area contributed by atoms with E-state index >= 15 is 0 Å². The molecule has 0 unspecified atom stereocenters. The fourth-order valence-electron chi connectivity index (χ4n) is 1.21. The van der Waals surface area contributed by atoms with Gasteiger partial charge in [-0.3, -0.25) is 0 Å². The van der Waals surface area contributed by atoms with E-state index in [0.717, 1.165) is 0 Å². The molecular weight excluding hydrogens is 281 g/mol. The van der Waals surface area contributed by atoms with Gasteiger partial charge in [0, 0.05) is 18.1 Å². The van der Waals surface area contributed by atoms with Crippen LogP contribution in [-0.2, 0) is 0 Å². The van der Waals surface area contributed by atoms with Gasteiger partial charge in [-0.2, -0.15) is 0 Å². The second-order valence-electron chi connectivity index (χ2n) is 3.28. The number of hydrogen-bond acceptors (Lipinski definition) is 3. The van der Waals surface area contributed by atoms with Gasteiger partial charge >= 0.3 is 12.0 Å². The molecule has 0 atom stereocenters. The summed E-state index contributed by atoms with van der Waals surface area (Å²) >= 11 is 11.5. The molecule has 5 N–H and O–H groups in total. The van der Waals surface area contributed by atoms with E-state index in [9.17, 15) is 9.59 Å². The van der Waals surface area contributed by atoms with Crippen LogP contribution in [0.5, 0.6) is 0 Å². The lowest BCUT2D eigenvalue weighted by Gasteiger charge is -2.11. The van der Waals surface area contributed by atoms with Gasteiger partial charge < -0.3 is 21.5 Å². The van der Waals surface area contributed by atoms with Crippen LogP contribution >= 0.6 is 23.2 Å². The largest absolute Gasteiger partial charge is 0.478 e. The van der Waals surface area contributed by atoms with Gasteiger partial charge in [0.25, 0.3) is 0 Å². The second kappa shape index (κ2) is 6.44. The van der Waals surface area contributed by atoms with Crippen molar-refractivity contribution in [2.24, 2.45) is 5.73 Å². The van der Waals surface area contributed by atoms with Crippen LogP contribution in [0.2, 0.25) is 10.0 Å². The Morgan fingerprint density at radius 3 is 2.56 bits per heavy atom. The summed E-state index contributed by atoms with van der Waals surface area (Å²) in [6.07, 6.45) is 0. The van der Waals surface area contributed by atoms with E-state index < -0.39 is 12.0 Å². The van der Waals surface area contributed by atoms with E-state index in [1.165, 1.54) is 12.1 Å². The average molecular weight is 292 g/mol. The summed E-state index contributed by atoms with van der Waals surface area (Å²) in [6.45, 7) is 0.535. The molecule has 1 rings (SSSR count). The molecule has 2 amide bonds. The van der Waals surface area contributed by atoms with Crippen molar-refractivity contribution >= 4 is 40.9 Å². The van der Waals surface area contributed by atoms with E-state index in [2.05, 4.69) is 10.6 Å². The zero-order valence-corrected chi connectivity index (χ0v) is 10.7. The Morgan fingerprint density at radius 2 is 2.00 bits per heavy atom. The predicted octanol–water partition coefficient (Wildman–Crippen LogP) is 1.77. The first-order valence-electron chi connectivity index (χ1n) is 4.93. The topological polar surface area (TPSA) is 104 Å². The van der Waals surface area contributed by atoms with Gasteiger partial charge in [-0.15, -0.1) is 0 Å².